The number of aromatic nitrogens is 3. The number of hydrogen-bond acceptors (Lipinski definition) is 2. The van der Waals surface area contributed by atoms with E-state index in [0.29, 0.717) is 0 Å². The molecule has 0 bridgehead atoms. The van der Waals surface area contributed by atoms with Crippen LogP contribution in [0.5, 0.6) is 0 Å². The Balaban J connectivity index is 1.95. The van der Waals surface area contributed by atoms with Crippen molar-refractivity contribution >= 4 is 33.2 Å². The molecule has 0 aliphatic heterocycles. The molecule has 118 valence electrons. The van der Waals surface area contributed by atoms with Gasteiger partial charge in [0.2, 0.25) is 0 Å². The Morgan fingerprint density at radius 1 is 0.917 bits per heavy atom. The maximum absolute atomic E-state index is 6.00. The van der Waals surface area contributed by atoms with Gasteiger partial charge in [-0.05, 0) is 42.8 Å². The number of nitrogens with zero attached hydrogens (tertiary/aromatic N) is 3. The van der Waals surface area contributed by atoms with Crippen LogP contribution in [0.2, 0.25) is 5.02 Å². The maximum Gasteiger partial charge on any atom is 0.163 e. The molecule has 0 aliphatic rings. The molecule has 2 aromatic heterocycles. The Labute approximate surface area is 153 Å². The van der Waals surface area contributed by atoms with Gasteiger partial charge in [-0.3, -0.25) is 0 Å². The summed E-state index contributed by atoms with van der Waals surface area (Å²) in [4.78, 5) is 4.57. The molecule has 5 heteroatoms. The molecule has 0 radical (unpaired) electrons. The minimum Gasteiger partial charge on any atom is -0.236 e. The van der Waals surface area contributed by atoms with Gasteiger partial charge in [0.25, 0.3) is 0 Å². The molecule has 0 N–H and O–H groups in total. The predicted molar refractivity (Wildman–Crippen MR) is 101 cm³/mol. The molecule has 0 amide bonds. The number of halogens is 2. The van der Waals surface area contributed by atoms with E-state index < -0.39 is 0 Å². The summed E-state index contributed by atoms with van der Waals surface area (Å²) < 4.78 is 2.95. The lowest BCUT2D eigenvalue weighted by molar-refractivity contribution is 0.925. The Hall–Kier alpha value is -2.17. The molecule has 0 aliphatic carbocycles. The molecule has 2 heterocycles. The molecule has 4 aromatic rings. The van der Waals surface area contributed by atoms with E-state index >= 15 is 0 Å². The van der Waals surface area contributed by atoms with Crippen LogP contribution in [0.15, 0.2) is 65.3 Å². The summed E-state index contributed by atoms with van der Waals surface area (Å²) in [5.41, 5.74) is 6.00. The van der Waals surface area contributed by atoms with E-state index in [-0.39, 0.29) is 0 Å². The Bertz CT molecular complexity index is 1020. The van der Waals surface area contributed by atoms with Gasteiger partial charge in [0, 0.05) is 26.8 Å². The fourth-order valence-electron chi connectivity index (χ4n) is 2.85. The zero-order valence-electron chi connectivity index (χ0n) is 12.9. The van der Waals surface area contributed by atoms with Crippen molar-refractivity contribution in [1.29, 1.82) is 0 Å². The maximum atomic E-state index is 6.00. The van der Waals surface area contributed by atoms with Crippen LogP contribution in [-0.4, -0.2) is 14.6 Å². The smallest absolute Gasteiger partial charge is 0.163 e. The van der Waals surface area contributed by atoms with Crippen molar-refractivity contribution < 1.29 is 0 Å². The lowest BCUT2D eigenvalue weighted by atomic mass is 10.1. The summed E-state index contributed by atoms with van der Waals surface area (Å²) in [6.07, 6.45) is 1.82. The van der Waals surface area contributed by atoms with Gasteiger partial charge in [-0.15, -0.1) is 0 Å². The number of hydrogen-bond donors (Lipinski definition) is 0. The molecule has 2 aromatic carbocycles. The molecular formula is C19H13BrClN3. The molecule has 0 saturated heterocycles. The van der Waals surface area contributed by atoms with Gasteiger partial charge in [-0.1, -0.05) is 51.8 Å². The first-order valence-electron chi connectivity index (χ1n) is 7.50. The first-order chi connectivity index (χ1) is 11.6. The van der Waals surface area contributed by atoms with Crippen LogP contribution in [0.3, 0.4) is 0 Å². The molecule has 0 atom stereocenters. The van der Waals surface area contributed by atoms with Crippen LogP contribution in [0.4, 0.5) is 0 Å². The van der Waals surface area contributed by atoms with E-state index in [9.17, 15) is 0 Å². The van der Waals surface area contributed by atoms with E-state index in [4.69, 9.17) is 16.7 Å². The SMILES string of the molecule is Cc1nn2c(-c3ccc(Cl)cc3)ccnc2c1-c1ccc(Br)cc1. The van der Waals surface area contributed by atoms with Crippen molar-refractivity contribution in [3.8, 4) is 22.4 Å². The highest BCUT2D eigenvalue weighted by atomic mass is 79.9. The van der Waals surface area contributed by atoms with Crippen molar-refractivity contribution in [2.24, 2.45) is 0 Å². The molecule has 0 saturated carbocycles. The van der Waals surface area contributed by atoms with Gasteiger partial charge in [0.15, 0.2) is 5.65 Å². The highest BCUT2D eigenvalue weighted by Gasteiger charge is 2.15. The lowest BCUT2D eigenvalue weighted by Crippen LogP contribution is -1.95. The van der Waals surface area contributed by atoms with Gasteiger partial charge < -0.3 is 0 Å². The van der Waals surface area contributed by atoms with Crippen molar-refractivity contribution in [1.82, 2.24) is 14.6 Å². The van der Waals surface area contributed by atoms with Crippen molar-refractivity contribution in [3.63, 3.8) is 0 Å². The summed E-state index contributed by atoms with van der Waals surface area (Å²) in [5.74, 6) is 0. The van der Waals surface area contributed by atoms with Crippen LogP contribution in [0.1, 0.15) is 5.69 Å². The first kappa shape index (κ1) is 15.4. The van der Waals surface area contributed by atoms with Crippen LogP contribution in [0, 0.1) is 6.92 Å². The molecule has 4 rings (SSSR count). The zero-order valence-corrected chi connectivity index (χ0v) is 15.2. The highest BCUT2D eigenvalue weighted by molar-refractivity contribution is 9.10. The van der Waals surface area contributed by atoms with Crippen LogP contribution >= 0.6 is 27.5 Å². The third kappa shape index (κ3) is 2.62. The van der Waals surface area contributed by atoms with E-state index in [1.807, 2.05) is 60.1 Å². The minimum absolute atomic E-state index is 0.719. The normalized spacial score (nSPS) is 11.1. The van der Waals surface area contributed by atoms with Gasteiger partial charge in [0.05, 0.1) is 11.4 Å². The van der Waals surface area contributed by atoms with Gasteiger partial charge in [0.1, 0.15) is 0 Å². The fourth-order valence-corrected chi connectivity index (χ4v) is 3.24. The number of fused-ring (bicyclic) bond motifs is 1. The predicted octanol–water partition coefficient (Wildman–Crippen LogP) is 5.79. The highest BCUT2D eigenvalue weighted by Crippen LogP contribution is 2.31. The quantitative estimate of drug-likeness (QED) is 0.428. The number of benzene rings is 2. The molecule has 0 spiro atoms. The number of aryl methyl sites for hydroxylation is 1. The molecule has 0 fully saturated rings. The average molecular weight is 399 g/mol. The largest absolute Gasteiger partial charge is 0.236 e. The van der Waals surface area contributed by atoms with Crippen LogP contribution < -0.4 is 0 Å². The third-order valence-corrected chi connectivity index (χ3v) is 4.75. The average Bonchev–Trinajstić information content (AvgIpc) is 2.92. The van der Waals surface area contributed by atoms with Crippen molar-refractivity contribution in [2.45, 2.75) is 6.92 Å². The second kappa shape index (κ2) is 6.04. The van der Waals surface area contributed by atoms with Crippen molar-refractivity contribution in [3.05, 3.63) is 76.0 Å². The van der Waals surface area contributed by atoms with Gasteiger partial charge in [-0.25, -0.2) is 9.50 Å². The van der Waals surface area contributed by atoms with E-state index in [2.05, 4.69) is 33.0 Å². The fraction of sp³-hybridized carbons (Fsp3) is 0.0526. The van der Waals surface area contributed by atoms with E-state index in [0.717, 1.165) is 43.2 Å². The number of rotatable bonds is 2. The minimum atomic E-state index is 0.719. The Morgan fingerprint density at radius 2 is 1.58 bits per heavy atom. The first-order valence-corrected chi connectivity index (χ1v) is 8.67. The molecule has 3 nitrogen and oxygen atoms in total. The van der Waals surface area contributed by atoms with E-state index in [1.54, 1.807) is 0 Å². The summed E-state index contributed by atoms with van der Waals surface area (Å²) in [7, 11) is 0. The Kier molecular flexibility index (Phi) is 3.87. The summed E-state index contributed by atoms with van der Waals surface area (Å²) in [5, 5.41) is 5.44. The summed E-state index contributed by atoms with van der Waals surface area (Å²) >= 11 is 9.48. The molecule has 24 heavy (non-hydrogen) atoms. The van der Waals surface area contributed by atoms with Crippen LogP contribution in [0.25, 0.3) is 28.0 Å². The third-order valence-electron chi connectivity index (χ3n) is 3.97. The van der Waals surface area contributed by atoms with E-state index in [1.165, 1.54) is 0 Å². The monoisotopic (exact) mass is 397 g/mol. The topological polar surface area (TPSA) is 30.2 Å². The summed E-state index contributed by atoms with van der Waals surface area (Å²) in [6, 6.07) is 17.9. The van der Waals surface area contributed by atoms with Gasteiger partial charge in [-0.2, -0.15) is 5.10 Å². The standard InChI is InChI=1S/C19H13BrClN3/c1-12-18(14-2-6-15(20)7-3-14)19-22-11-10-17(24(19)23-12)13-4-8-16(21)9-5-13/h2-11H,1H3. The molecular weight excluding hydrogens is 386 g/mol. The second-order valence-corrected chi connectivity index (χ2v) is 6.89. The summed E-state index contributed by atoms with van der Waals surface area (Å²) in [6.45, 7) is 2.01. The van der Waals surface area contributed by atoms with Crippen molar-refractivity contribution in [2.75, 3.05) is 0 Å². The Morgan fingerprint density at radius 3 is 2.29 bits per heavy atom. The molecule has 0 unspecified atom stereocenters. The van der Waals surface area contributed by atoms with Crippen LogP contribution in [-0.2, 0) is 0 Å². The zero-order chi connectivity index (χ0) is 16.7. The lowest BCUT2D eigenvalue weighted by Gasteiger charge is -2.05. The second-order valence-electron chi connectivity index (χ2n) is 5.54. The van der Waals surface area contributed by atoms with Gasteiger partial charge >= 0.3 is 0 Å².